The Morgan fingerprint density at radius 2 is 0.779 bits per heavy atom. The fraction of sp³-hybridized carbons (Fsp3) is 0.222. The Morgan fingerprint density at radius 1 is 0.413 bits per heavy atom. The van der Waals surface area contributed by atoms with Gasteiger partial charge in [-0.1, -0.05) is 78.9 Å². The average Bonchev–Trinajstić information content (AvgIpc) is 1.58. The number of rotatable bonds is 10. The molecule has 8 aromatic carbocycles. The molecule has 8 N–H and O–H groups in total. The minimum absolute atomic E-state index is 0. The van der Waals surface area contributed by atoms with Gasteiger partial charge in [-0.05, 0) is 193 Å². The topological polar surface area (TPSA) is 375 Å². The predicted octanol–water partition coefficient (Wildman–Crippen LogP) is 14.4. The molecule has 0 bridgehead atoms. The van der Waals surface area contributed by atoms with Gasteiger partial charge in [0.1, 0.15) is 0 Å². The SMILES string of the molecule is COC([NH-])=O.COC([NH-])=O.COC([NH-])=O.COC([NH-])=O.O=[C-]PC1=NC2c3cc4ccc(-c5ccc6c7c(ccc6c5)-c5nc(P[C-]=O)[nH]c5CC7)cc4cc3CCC2N1.O=[C-]PC1=NC2c3cc4ccc(-c5ccc6cc7c(cc6c5)CCc5[nH]c(P[C-]=O)nc5-7)cc4cc3CCC2N1.[V+2].[V+2].[V+2].[V+2]. The standard InChI is InChI=1S/2C32H24N4O2P2.4C2H5NO2.4V/c37-15-39-31-33-27-7-5-21-11-23-9-17(1-3-19(23)13-25(21)29(27)35-31)18-2-4-20-14-26-22(12-24(20)10-18)6-8-28-30(26)36-32(34-28)40-16-38;37-15-39-31-34-28-10-8-24-23-6-3-18(11-20(23)4-7-25(24)29(28)35-31)17-1-2-19-14-26-21(13-22(19)12-17)5-9-27-30(26)36-32(33-27)40-16-38;4*1-5-2(3)4;;;;/h1-4,9-14,27,29,39-40H,5-8H2,(H,33,35)(H,34,36);1-4,6-7,11-14,27,30,39-40H,5,8-10H2,(H,33,36)(H,34,35);4*1H3,(H2,3,4);;;;/q2*-2;;;;;4*+2/p-4. The first kappa shape index (κ1) is 83.3. The number of aryl methyl sites for hydroxylation is 6. The van der Waals surface area contributed by atoms with Crippen LogP contribution in [0.4, 0.5) is 19.2 Å². The first-order valence-corrected chi connectivity index (χ1v) is 35.3. The number of nitrogens with one attached hydrogen (secondary N) is 8. The summed E-state index contributed by atoms with van der Waals surface area (Å²) in [6, 6.07) is 53.8. The zero-order valence-electron chi connectivity index (χ0n) is 56.0. The molecule has 16 rings (SSSR count). The summed E-state index contributed by atoms with van der Waals surface area (Å²) in [5, 5.41) is 16.7. The largest absolute Gasteiger partial charge is 2.00 e. The van der Waals surface area contributed by atoms with Crippen molar-refractivity contribution in [3.63, 3.8) is 0 Å². The molecule has 4 aliphatic carbocycles. The Bertz CT molecular complexity index is 4720. The number of carbonyl (C=O) groups excluding carboxylic acids is 8. The van der Waals surface area contributed by atoms with Gasteiger partial charge in [0.15, 0.2) is 0 Å². The number of benzene rings is 8. The van der Waals surface area contributed by atoms with Crippen LogP contribution in [0.1, 0.15) is 69.7 Å². The van der Waals surface area contributed by atoms with Gasteiger partial charge in [-0.25, -0.2) is 34.1 Å². The van der Waals surface area contributed by atoms with Gasteiger partial charge in [0, 0.05) is 22.5 Å². The third-order valence-electron chi connectivity index (χ3n) is 17.8. The molecule has 24 nitrogen and oxygen atoms in total. The number of hydrogen-bond donors (Lipinski definition) is 4. The fourth-order valence-electron chi connectivity index (χ4n) is 13.4. The van der Waals surface area contributed by atoms with Crippen molar-refractivity contribution >= 4 is 148 Å². The van der Waals surface area contributed by atoms with Crippen molar-refractivity contribution in [2.75, 3.05) is 28.4 Å². The van der Waals surface area contributed by atoms with E-state index in [4.69, 9.17) is 42.9 Å². The van der Waals surface area contributed by atoms with E-state index in [9.17, 15) is 38.4 Å². The smallest absolute Gasteiger partial charge is 0.632 e. The summed E-state index contributed by atoms with van der Waals surface area (Å²) >= 11 is 0. The molecule has 10 aromatic rings. The monoisotopic (exact) mass is 1620 g/mol. The van der Waals surface area contributed by atoms with E-state index in [1.54, 1.807) is 0 Å². The Labute approximate surface area is 652 Å². The molecule has 4 radical (unpaired) electrons. The van der Waals surface area contributed by atoms with Crippen molar-refractivity contribution in [3.05, 3.63) is 189 Å². The summed E-state index contributed by atoms with van der Waals surface area (Å²) in [4.78, 5) is 106. The second-order valence-corrected chi connectivity index (χ2v) is 27.2. The molecule has 0 spiro atoms. The number of aromatic amines is 2. The molecular weight excluding hydrogens is 1550 g/mol. The molecular formula is C72H64N12O12P4V4. The molecule has 8 atom stereocenters. The third-order valence-corrected chi connectivity index (χ3v) is 20.2. The van der Waals surface area contributed by atoms with Crippen molar-refractivity contribution in [2.24, 2.45) is 9.98 Å². The van der Waals surface area contributed by atoms with Crippen LogP contribution in [0.15, 0.2) is 131 Å². The Morgan fingerprint density at radius 3 is 1.19 bits per heavy atom. The van der Waals surface area contributed by atoms with Crippen LogP contribution in [0.5, 0.6) is 0 Å². The van der Waals surface area contributed by atoms with Crippen LogP contribution in [0.25, 0.3) is 111 Å². The van der Waals surface area contributed by atoms with Crippen molar-refractivity contribution in [1.29, 1.82) is 0 Å². The number of aromatic nitrogens is 4. The number of fused-ring (bicyclic) bond motifs is 17. The summed E-state index contributed by atoms with van der Waals surface area (Å²) in [6.07, 6.45) is 3.78. The van der Waals surface area contributed by atoms with Crippen LogP contribution in [0.2, 0.25) is 0 Å². The summed E-state index contributed by atoms with van der Waals surface area (Å²) in [5.74, 6) is 0. The van der Waals surface area contributed by atoms with Gasteiger partial charge in [0.05, 0.1) is 86.3 Å². The quantitative estimate of drug-likeness (QED) is 0.0561. The molecule has 8 unspecified atom stereocenters. The number of H-pyrrole nitrogens is 2. The summed E-state index contributed by atoms with van der Waals surface area (Å²) in [6.45, 7) is 0. The third kappa shape index (κ3) is 19.3. The van der Waals surface area contributed by atoms with Gasteiger partial charge >= 0.3 is 74.2 Å². The van der Waals surface area contributed by atoms with Gasteiger partial charge in [0.25, 0.3) is 0 Å². The van der Waals surface area contributed by atoms with Crippen LogP contribution in [-0.4, -0.2) is 120 Å². The molecule has 0 saturated heterocycles. The number of methoxy groups -OCH3 is 4. The molecule has 104 heavy (non-hydrogen) atoms. The van der Waals surface area contributed by atoms with Crippen LogP contribution in [0, 0.1) is 0 Å². The van der Waals surface area contributed by atoms with Gasteiger partial charge in [-0.2, -0.15) is 34.3 Å². The van der Waals surface area contributed by atoms with Crippen molar-refractivity contribution in [2.45, 2.75) is 75.5 Å². The maximum Gasteiger partial charge on any atom is 2.00 e. The molecule has 0 fully saturated rings. The van der Waals surface area contributed by atoms with Crippen LogP contribution in [-0.2, 0) is 151 Å². The van der Waals surface area contributed by atoms with Gasteiger partial charge < -0.3 is 81.7 Å². The maximum atomic E-state index is 10.9. The summed E-state index contributed by atoms with van der Waals surface area (Å²) in [5.41, 5.74) is 46.1. The van der Waals surface area contributed by atoms with Crippen LogP contribution >= 0.6 is 34.3 Å². The molecule has 4 heterocycles. The molecule has 524 valence electrons. The Kier molecular flexibility index (Phi) is 30.7. The number of nitrogens with zero attached hydrogens (tertiary/aromatic N) is 4. The molecule has 2 aromatic heterocycles. The summed E-state index contributed by atoms with van der Waals surface area (Å²) in [7, 11) is 4.48. The Balaban J connectivity index is 0.000000224. The van der Waals surface area contributed by atoms with Crippen molar-refractivity contribution < 1.29 is 132 Å². The van der Waals surface area contributed by atoms with E-state index in [0.717, 1.165) is 136 Å². The van der Waals surface area contributed by atoms with Gasteiger partial charge in [-0.3, -0.25) is 29.2 Å². The summed E-state index contributed by atoms with van der Waals surface area (Å²) < 4.78 is 15.1. The first-order chi connectivity index (χ1) is 48.4. The molecule has 4 amide bonds. The van der Waals surface area contributed by atoms with E-state index >= 15 is 0 Å². The van der Waals surface area contributed by atoms with Gasteiger partial charge in [0.2, 0.25) is 24.4 Å². The second-order valence-electron chi connectivity index (χ2n) is 23.4. The minimum Gasteiger partial charge on any atom is -0.632 e. The molecule has 6 aliphatic rings. The molecule has 2 aliphatic heterocycles. The Hall–Kier alpha value is -8.02. The fourth-order valence-corrected chi connectivity index (χ4v) is 15.4. The second kappa shape index (κ2) is 38.3. The number of aliphatic imine (C=N–C) groups is 2. The maximum absolute atomic E-state index is 10.9. The van der Waals surface area contributed by atoms with Crippen molar-refractivity contribution in [1.82, 2.24) is 30.6 Å². The van der Waals surface area contributed by atoms with E-state index < -0.39 is 24.4 Å². The number of imidazole rings is 2. The molecule has 32 heteroatoms. The van der Waals surface area contributed by atoms with E-state index in [-0.39, 0.29) is 133 Å². The normalized spacial score (nSPS) is 16.2. The van der Waals surface area contributed by atoms with Crippen LogP contribution in [0.3, 0.4) is 0 Å². The minimum atomic E-state index is -0.995. The number of ether oxygens (including phenoxy) is 4. The van der Waals surface area contributed by atoms with E-state index in [2.05, 4.69) is 161 Å². The molecule has 0 saturated carbocycles. The van der Waals surface area contributed by atoms with E-state index in [0.29, 0.717) is 0 Å². The number of carbonyl (C=O) groups is 4. The van der Waals surface area contributed by atoms with Crippen molar-refractivity contribution in [3.8, 4) is 44.8 Å². The van der Waals surface area contributed by atoms with Gasteiger partial charge in [-0.15, -0.1) is 0 Å². The first-order valence-electron chi connectivity index (χ1n) is 31.3. The average molecular weight is 1620 g/mol. The zero-order chi connectivity index (χ0) is 70.7. The van der Waals surface area contributed by atoms with Crippen LogP contribution < -0.4 is 21.8 Å². The zero-order valence-corrected chi connectivity index (χ0v) is 65.6. The predicted molar refractivity (Wildman–Crippen MR) is 397 cm³/mol. The van der Waals surface area contributed by atoms with E-state index in [1.807, 2.05) is 24.1 Å². The van der Waals surface area contributed by atoms with E-state index in [1.165, 1.54) is 98.7 Å². The number of amidine groups is 2. The number of hydrogen-bond acceptors (Lipinski definition) is 18. The number of amides is 4.